The third-order valence-corrected chi connectivity index (χ3v) is 3.58. The Hall–Kier alpha value is -2.56. The number of anilines is 2. The number of aromatic nitrogens is 3. The highest BCUT2D eigenvalue weighted by atomic mass is 15.0. The number of hydrogen-bond acceptors (Lipinski definition) is 4. The minimum absolute atomic E-state index is 0.796. The molecule has 5 nitrogen and oxygen atoms in total. The number of hydrogen-bond donors (Lipinski definition) is 2. The molecule has 0 bridgehead atoms. The molecule has 2 aromatic heterocycles. The monoisotopic (exact) mass is 281 g/mol. The normalized spacial score (nSPS) is 10.9. The number of aryl methyl sites for hydroxylation is 1. The Morgan fingerprint density at radius 3 is 2.90 bits per heavy atom. The molecule has 0 saturated heterocycles. The van der Waals surface area contributed by atoms with Gasteiger partial charge in [0.25, 0.3) is 0 Å². The van der Waals surface area contributed by atoms with E-state index in [0.717, 1.165) is 48.1 Å². The van der Waals surface area contributed by atoms with Gasteiger partial charge in [0, 0.05) is 48.6 Å². The Morgan fingerprint density at radius 1 is 1.10 bits per heavy atom. The number of imidazole rings is 1. The molecule has 1 aromatic carbocycles. The zero-order valence-corrected chi connectivity index (χ0v) is 11.9. The maximum absolute atomic E-state index is 6.21. The van der Waals surface area contributed by atoms with Gasteiger partial charge in [-0.05, 0) is 25.0 Å². The number of benzene rings is 1. The van der Waals surface area contributed by atoms with Gasteiger partial charge in [-0.25, -0.2) is 4.98 Å². The van der Waals surface area contributed by atoms with Crippen LogP contribution < -0.4 is 11.1 Å². The number of nitrogens with zero attached hydrogens (tertiary/aromatic N) is 3. The van der Waals surface area contributed by atoms with Gasteiger partial charge >= 0.3 is 0 Å². The molecule has 0 fully saturated rings. The highest BCUT2D eigenvalue weighted by molar-refractivity contribution is 5.98. The van der Waals surface area contributed by atoms with Crippen molar-refractivity contribution >= 4 is 22.1 Å². The number of unbranched alkanes of at least 4 members (excludes halogenated alkanes) is 1. The summed E-state index contributed by atoms with van der Waals surface area (Å²) < 4.78 is 2.09. The molecule has 0 spiro atoms. The summed E-state index contributed by atoms with van der Waals surface area (Å²) in [4.78, 5) is 8.15. The van der Waals surface area contributed by atoms with E-state index in [2.05, 4.69) is 19.9 Å². The number of nitrogens with one attached hydrogen (secondary N) is 1. The van der Waals surface area contributed by atoms with Crippen LogP contribution in [0.5, 0.6) is 0 Å². The Bertz CT molecular complexity index is 706. The molecule has 0 aliphatic heterocycles. The van der Waals surface area contributed by atoms with E-state index in [1.54, 1.807) is 6.20 Å². The van der Waals surface area contributed by atoms with E-state index in [0.29, 0.717) is 0 Å². The van der Waals surface area contributed by atoms with Crippen LogP contribution in [0.25, 0.3) is 10.8 Å². The highest BCUT2D eigenvalue weighted by Crippen LogP contribution is 2.27. The topological polar surface area (TPSA) is 68.8 Å². The van der Waals surface area contributed by atoms with Crippen LogP contribution in [0.15, 0.2) is 49.3 Å². The van der Waals surface area contributed by atoms with Gasteiger partial charge < -0.3 is 15.6 Å². The zero-order chi connectivity index (χ0) is 14.5. The Balaban J connectivity index is 1.54. The number of pyridine rings is 1. The smallest absolute Gasteiger partial charge is 0.0945 e. The molecule has 0 amide bonds. The summed E-state index contributed by atoms with van der Waals surface area (Å²) in [6.07, 6.45) is 11.5. The molecule has 0 radical (unpaired) electrons. The fourth-order valence-electron chi connectivity index (χ4n) is 2.41. The van der Waals surface area contributed by atoms with Crippen LogP contribution in [-0.2, 0) is 6.54 Å². The first-order valence-electron chi connectivity index (χ1n) is 7.16. The molecule has 0 unspecified atom stereocenters. The van der Waals surface area contributed by atoms with Crippen molar-refractivity contribution in [1.29, 1.82) is 0 Å². The van der Waals surface area contributed by atoms with Crippen LogP contribution in [-0.4, -0.2) is 21.1 Å². The van der Waals surface area contributed by atoms with Gasteiger partial charge in [0.05, 0.1) is 17.7 Å². The molecule has 2 heterocycles. The van der Waals surface area contributed by atoms with E-state index in [1.165, 1.54) is 0 Å². The lowest BCUT2D eigenvalue weighted by molar-refractivity contribution is 0.621. The predicted octanol–water partition coefficient (Wildman–Crippen LogP) is 2.91. The molecule has 21 heavy (non-hydrogen) atoms. The second-order valence-electron chi connectivity index (χ2n) is 5.06. The van der Waals surface area contributed by atoms with E-state index in [-0.39, 0.29) is 0 Å². The van der Waals surface area contributed by atoms with Gasteiger partial charge in [0.2, 0.25) is 0 Å². The molecule has 0 aliphatic rings. The van der Waals surface area contributed by atoms with Crippen molar-refractivity contribution in [2.45, 2.75) is 19.4 Å². The lowest BCUT2D eigenvalue weighted by atomic mass is 10.1. The van der Waals surface area contributed by atoms with Crippen LogP contribution in [0.4, 0.5) is 11.4 Å². The minimum Gasteiger partial charge on any atom is -0.397 e. The number of nitrogens with two attached hydrogens (primary N) is 1. The van der Waals surface area contributed by atoms with Gasteiger partial charge in [-0.2, -0.15) is 0 Å². The first-order chi connectivity index (χ1) is 10.3. The molecule has 3 aromatic rings. The second kappa shape index (κ2) is 6.26. The fraction of sp³-hybridized carbons (Fsp3) is 0.250. The lowest BCUT2D eigenvalue weighted by Gasteiger charge is -2.11. The molecule has 0 saturated carbocycles. The summed E-state index contributed by atoms with van der Waals surface area (Å²) in [6, 6.07) is 6.02. The van der Waals surface area contributed by atoms with Crippen LogP contribution in [0, 0.1) is 0 Å². The van der Waals surface area contributed by atoms with E-state index in [9.17, 15) is 0 Å². The predicted molar refractivity (Wildman–Crippen MR) is 86.1 cm³/mol. The second-order valence-corrected chi connectivity index (χ2v) is 5.06. The lowest BCUT2D eigenvalue weighted by Crippen LogP contribution is -2.06. The number of rotatable bonds is 6. The number of nitrogen functional groups attached to an aromatic ring is 1. The Labute approximate surface area is 123 Å². The zero-order valence-electron chi connectivity index (χ0n) is 11.9. The maximum atomic E-state index is 6.21. The summed E-state index contributed by atoms with van der Waals surface area (Å²) in [5.74, 6) is 0. The van der Waals surface area contributed by atoms with Crippen molar-refractivity contribution in [3.8, 4) is 0 Å². The van der Waals surface area contributed by atoms with E-state index >= 15 is 0 Å². The summed E-state index contributed by atoms with van der Waals surface area (Å²) >= 11 is 0. The average molecular weight is 281 g/mol. The molecular weight excluding hydrogens is 262 g/mol. The van der Waals surface area contributed by atoms with Crippen molar-refractivity contribution in [2.75, 3.05) is 17.6 Å². The maximum Gasteiger partial charge on any atom is 0.0945 e. The van der Waals surface area contributed by atoms with Gasteiger partial charge in [0.15, 0.2) is 0 Å². The highest BCUT2D eigenvalue weighted by Gasteiger charge is 2.03. The largest absolute Gasteiger partial charge is 0.397 e. The van der Waals surface area contributed by atoms with E-state index in [4.69, 9.17) is 5.73 Å². The van der Waals surface area contributed by atoms with Crippen LogP contribution in [0.2, 0.25) is 0 Å². The van der Waals surface area contributed by atoms with Crippen molar-refractivity contribution < 1.29 is 0 Å². The third kappa shape index (κ3) is 3.13. The van der Waals surface area contributed by atoms with Crippen LogP contribution in [0.1, 0.15) is 12.8 Å². The summed E-state index contributed by atoms with van der Waals surface area (Å²) in [6.45, 7) is 1.91. The summed E-state index contributed by atoms with van der Waals surface area (Å²) in [5.41, 5.74) is 8.00. The SMILES string of the molecule is Nc1c(NCCCCn2ccnc2)ccc2cnccc12. The number of fused-ring (bicyclic) bond motifs is 1. The van der Waals surface area contributed by atoms with E-state index in [1.807, 2.05) is 43.1 Å². The molecule has 5 heteroatoms. The third-order valence-electron chi connectivity index (χ3n) is 3.58. The molecule has 108 valence electrons. The van der Waals surface area contributed by atoms with Gasteiger partial charge in [-0.15, -0.1) is 0 Å². The van der Waals surface area contributed by atoms with Crippen molar-refractivity contribution in [1.82, 2.24) is 14.5 Å². The Kier molecular flexibility index (Phi) is 4.00. The van der Waals surface area contributed by atoms with Gasteiger partial charge in [0.1, 0.15) is 0 Å². The first kappa shape index (κ1) is 13.4. The quantitative estimate of drug-likeness (QED) is 0.538. The van der Waals surface area contributed by atoms with Crippen LogP contribution >= 0.6 is 0 Å². The molecule has 0 atom stereocenters. The van der Waals surface area contributed by atoms with E-state index < -0.39 is 0 Å². The van der Waals surface area contributed by atoms with Crippen molar-refractivity contribution in [2.24, 2.45) is 0 Å². The minimum atomic E-state index is 0.796. The van der Waals surface area contributed by atoms with Crippen molar-refractivity contribution in [3.63, 3.8) is 0 Å². The molecule has 3 N–H and O–H groups in total. The van der Waals surface area contributed by atoms with Gasteiger partial charge in [-0.1, -0.05) is 6.07 Å². The van der Waals surface area contributed by atoms with Crippen LogP contribution in [0.3, 0.4) is 0 Å². The standard InChI is InChI=1S/C16H19N5/c17-16-14-5-7-18-11-13(14)3-4-15(16)20-6-1-2-9-21-10-8-19-12-21/h3-5,7-8,10-12,20H,1-2,6,9,17H2. The summed E-state index contributed by atoms with van der Waals surface area (Å²) in [5, 5.41) is 5.53. The first-order valence-corrected chi connectivity index (χ1v) is 7.16. The molecular formula is C16H19N5. The Morgan fingerprint density at radius 2 is 2.05 bits per heavy atom. The fourth-order valence-corrected chi connectivity index (χ4v) is 2.41. The van der Waals surface area contributed by atoms with Gasteiger partial charge in [-0.3, -0.25) is 4.98 Å². The molecule has 3 rings (SSSR count). The van der Waals surface area contributed by atoms with Crippen molar-refractivity contribution in [3.05, 3.63) is 49.3 Å². The average Bonchev–Trinajstić information content (AvgIpc) is 3.03. The summed E-state index contributed by atoms with van der Waals surface area (Å²) in [7, 11) is 0. The molecule has 0 aliphatic carbocycles.